The summed E-state index contributed by atoms with van der Waals surface area (Å²) in [6, 6.07) is 8.42. The fourth-order valence-electron chi connectivity index (χ4n) is 3.49. The summed E-state index contributed by atoms with van der Waals surface area (Å²) in [5.74, 6) is 0.645. The summed E-state index contributed by atoms with van der Waals surface area (Å²) < 4.78 is 5.36. The number of benzene rings is 1. The summed E-state index contributed by atoms with van der Waals surface area (Å²) in [7, 11) is 0. The van der Waals surface area contributed by atoms with E-state index in [1.807, 2.05) is 24.5 Å². The lowest BCUT2D eigenvalue weighted by Crippen LogP contribution is -2.15. The number of aryl methyl sites for hydroxylation is 1. The molecular weight excluding hydrogens is 248 g/mol. The van der Waals surface area contributed by atoms with Crippen molar-refractivity contribution in [2.75, 3.05) is 0 Å². The van der Waals surface area contributed by atoms with E-state index in [2.05, 4.69) is 18.2 Å². The third-order valence-electron chi connectivity index (χ3n) is 4.39. The van der Waals surface area contributed by atoms with Gasteiger partial charge in [-0.1, -0.05) is 24.3 Å². The summed E-state index contributed by atoms with van der Waals surface area (Å²) in [6.45, 7) is 0. The van der Waals surface area contributed by atoms with Crippen molar-refractivity contribution in [1.29, 1.82) is 0 Å². The summed E-state index contributed by atoms with van der Waals surface area (Å²) in [5, 5.41) is 10.5. The molecular formula is C18H16O2. The number of hydrogen-bond donors (Lipinski definition) is 1. The highest BCUT2D eigenvalue weighted by molar-refractivity contribution is 5.80. The number of ether oxygens (including phenoxy) is 1. The van der Waals surface area contributed by atoms with E-state index < -0.39 is 0 Å². The Hall–Kier alpha value is -2.22. The fourth-order valence-corrected chi connectivity index (χ4v) is 3.49. The normalized spacial score (nSPS) is 23.7. The molecule has 0 saturated heterocycles. The minimum absolute atomic E-state index is 0.239. The SMILES string of the molecule is OC1=C2c3ccccc3CCCC2C2=COC=CC2=C1. The molecule has 1 atom stereocenters. The minimum atomic E-state index is 0.239. The summed E-state index contributed by atoms with van der Waals surface area (Å²) >= 11 is 0. The molecule has 1 unspecified atom stereocenters. The van der Waals surface area contributed by atoms with E-state index in [4.69, 9.17) is 4.74 Å². The van der Waals surface area contributed by atoms with Crippen molar-refractivity contribution in [1.82, 2.24) is 0 Å². The molecule has 1 N–H and O–H groups in total. The van der Waals surface area contributed by atoms with E-state index in [9.17, 15) is 5.11 Å². The summed E-state index contributed by atoms with van der Waals surface area (Å²) in [5.41, 5.74) is 5.85. The van der Waals surface area contributed by atoms with Crippen LogP contribution in [0.15, 0.2) is 65.8 Å². The average molecular weight is 264 g/mol. The van der Waals surface area contributed by atoms with E-state index >= 15 is 0 Å². The van der Waals surface area contributed by atoms with Crippen LogP contribution in [0.4, 0.5) is 0 Å². The van der Waals surface area contributed by atoms with Crippen LogP contribution in [0.5, 0.6) is 0 Å². The standard InChI is InChI=1S/C18H16O2/c19-17-10-13-8-9-20-11-16(13)15-7-3-5-12-4-1-2-6-14(12)18(15)17/h1-2,4,6,8-11,15,19H,3,5,7H2. The van der Waals surface area contributed by atoms with Crippen LogP contribution in [-0.2, 0) is 11.2 Å². The number of hydrogen-bond acceptors (Lipinski definition) is 2. The van der Waals surface area contributed by atoms with Gasteiger partial charge in [-0.15, -0.1) is 0 Å². The van der Waals surface area contributed by atoms with Crippen molar-refractivity contribution in [3.05, 3.63) is 77.0 Å². The van der Waals surface area contributed by atoms with Crippen molar-refractivity contribution in [2.45, 2.75) is 19.3 Å². The van der Waals surface area contributed by atoms with Crippen LogP contribution in [0.25, 0.3) is 5.57 Å². The zero-order valence-corrected chi connectivity index (χ0v) is 11.2. The lowest BCUT2D eigenvalue weighted by molar-refractivity contribution is 0.382. The Kier molecular flexibility index (Phi) is 2.56. The van der Waals surface area contributed by atoms with Gasteiger partial charge < -0.3 is 9.84 Å². The fraction of sp³-hybridized carbons (Fsp3) is 0.222. The zero-order valence-electron chi connectivity index (χ0n) is 11.2. The molecule has 1 heterocycles. The van der Waals surface area contributed by atoms with Crippen LogP contribution < -0.4 is 0 Å². The third-order valence-corrected chi connectivity index (χ3v) is 4.39. The first-order valence-corrected chi connectivity index (χ1v) is 7.10. The predicted octanol–water partition coefficient (Wildman–Crippen LogP) is 4.28. The number of allylic oxidation sites excluding steroid dienone is 5. The lowest BCUT2D eigenvalue weighted by Gasteiger charge is -2.28. The van der Waals surface area contributed by atoms with Gasteiger partial charge in [-0.2, -0.15) is 0 Å². The molecule has 1 aromatic carbocycles. The maximum absolute atomic E-state index is 10.5. The molecule has 0 radical (unpaired) electrons. The van der Waals surface area contributed by atoms with Gasteiger partial charge in [0.15, 0.2) is 0 Å². The molecule has 0 bridgehead atoms. The highest BCUT2D eigenvalue weighted by atomic mass is 16.5. The third kappa shape index (κ3) is 1.64. The Bertz CT molecular complexity index is 689. The molecule has 0 spiro atoms. The largest absolute Gasteiger partial charge is 0.508 e. The Morgan fingerprint density at radius 3 is 3.05 bits per heavy atom. The Morgan fingerprint density at radius 1 is 1.20 bits per heavy atom. The first-order chi connectivity index (χ1) is 9.84. The van der Waals surface area contributed by atoms with Gasteiger partial charge >= 0.3 is 0 Å². The van der Waals surface area contributed by atoms with Gasteiger partial charge in [0.2, 0.25) is 0 Å². The molecule has 3 aliphatic rings. The maximum Gasteiger partial charge on any atom is 0.120 e. The highest BCUT2D eigenvalue weighted by Gasteiger charge is 2.32. The van der Waals surface area contributed by atoms with Crippen LogP contribution in [-0.4, -0.2) is 5.11 Å². The van der Waals surface area contributed by atoms with E-state index in [1.54, 1.807) is 6.26 Å². The van der Waals surface area contributed by atoms with Gasteiger partial charge in [-0.25, -0.2) is 0 Å². The minimum Gasteiger partial charge on any atom is -0.508 e. The number of aliphatic hydroxyl groups is 1. The second-order valence-electron chi connectivity index (χ2n) is 5.51. The molecule has 2 heteroatoms. The predicted molar refractivity (Wildman–Crippen MR) is 78.8 cm³/mol. The first kappa shape index (κ1) is 11.6. The Labute approximate surface area is 118 Å². The van der Waals surface area contributed by atoms with E-state index in [-0.39, 0.29) is 5.92 Å². The van der Waals surface area contributed by atoms with Gasteiger partial charge in [-0.3, -0.25) is 0 Å². The van der Waals surface area contributed by atoms with Crippen molar-refractivity contribution in [2.24, 2.45) is 5.92 Å². The molecule has 2 aliphatic carbocycles. The lowest BCUT2D eigenvalue weighted by atomic mass is 9.77. The van der Waals surface area contributed by atoms with Gasteiger partial charge in [0, 0.05) is 17.1 Å². The van der Waals surface area contributed by atoms with Crippen LogP contribution in [0.1, 0.15) is 24.0 Å². The second-order valence-corrected chi connectivity index (χ2v) is 5.51. The molecule has 0 aromatic heterocycles. The quantitative estimate of drug-likeness (QED) is 0.758. The second kappa shape index (κ2) is 4.41. The molecule has 4 rings (SSSR count). The first-order valence-electron chi connectivity index (χ1n) is 7.10. The molecule has 1 aliphatic heterocycles. The molecule has 20 heavy (non-hydrogen) atoms. The molecule has 0 amide bonds. The number of aliphatic hydroxyl groups excluding tert-OH is 1. The molecule has 0 fully saturated rings. The number of fused-ring (bicyclic) bond motifs is 5. The van der Waals surface area contributed by atoms with Gasteiger partial charge in [0.25, 0.3) is 0 Å². The topological polar surface area (TPSA) is 29.5 Å². The van der Waals surface area contributed by atoms with Gasteiger partial charge in [-0.05, 0) is 48.1 Å². The zero-order chi connectivity index (χ0) is 13.5. The van der Waals surface area contributed by atoms with Crippen LogP contribution in [0.3, 0.4) is 0 Å². The van der Waals surface area contributed by atoms with Crippen molar-refractivity contribution >= 4 is 5.57 Å². The summed E-state index contributed by atoms with van der Waals surface area (Å²) in [4.78, 5) is 0. The van der Waals surface area contributed by atoms with Crippen molar-refractivity contribution in [3.8, 4) is 0 Å². The van der Waals surface area contributed by atoms with E-state index in [0.717, 1.165) is 30.4 Å². The molecule has 0 saturated carbocycles. The van der Waals surface area contributed by atoms with E-state index in [0.29, 0.717) is 5.76 Å². The number of rotatable bonds is 0. The Morgan fingerprint density at radius 2 is 2.10 bits per heavy atom. The van der Waals surface area contributed by atoms with Gasteiger partial charge in [0.05, 0.1) is 12.5 Å². The smallest absolute Gasteiger partial charge is 0.120 e. The molecule has 2 nitrogen and oxygen atoms in total. The van der Waals surface area contributed by atoms with Crippen LogP contribution in [0.2, 0.25) is 0 Å². The van der Waals surface area contributed by atoms with Crippen LogP contribution >= 0.6 is 0 Å². The van der Waals surface area contributed by atoms with Gasteiger partial charge in [0.1, 0.15) is 5.76 Å². The van der Waals surface area contributed by atoms with Crippen molar-refractivity contribution in [3.63, 3.8) is 0 Å². The maximum atomic E-state index is 10.5. The van der Waals surface area contributed by atoms with E-state index in [1.165, 1.54) is 16.7 Å². The molecule has 1 aromatic rings. The molecule has 100 valence electrons. The monoisotopic (exact) mass is 264 g/mol. The van der Waals surface area contributed by atoms with Crippen LogP contribution in [0, 0.1) is 5.92 Å². The summed E-state index contributed by atoms with van der Waals surface area (Å²) in [6.07, 6.45) is 10.5. The Balaban J connectivity index is 1.96. The highest BCUT2D eigenvalue weighted by Crippen LogP contribution is 2.46. The average Bonchev–Trinajstić information content (AvgIpc) is 2.67. The van der Waals surface area contributed by atoms with Crippen molar-refractivity contribution < 1.29 is 9.84 Å².